The highest BCUT2D eigenvalue weighted by atomic mass is 16.5. The summed E-state index contributed by atoms with van der Waals surface area (Å²) in [7, 11) is 1.22. The minimum atomic E-state index is -0.663. The quantitative estimate of drug-likeness (QED) is 0.627. The van der Waals surface area contributed by atoms with Crippen molar-refractivity contribution in [3.05, 3.63) is 64.5 Å². The van der Waals surface area contributed by atoms with E-state index in [0.717, 1.165) is 0 Å². The highest BCUT2D eigenvalue weighted by molar-refractivity contribution is 6.29. The molecule has 0 saturated heterocycles. The molecule has 1 heterocycles. The Bertz CT molecular complexity index is 764. The largest absolute Gasteiger partial charge is 0.465 e. The fraction of sp³-hybridized carbons (Fsp3) is 0.0667. The molecule has 3 rings (SSSR count). The molecule has 5 heteroatoms. The van der Waals surface area contributed by atoms with Gasteiger partial charge in [0.15, 0.2) is 5.78 Å². The highest BCUT2D eigenvalue weighted by Crippen LogP contribution is 2.28. The van der Waals surface area contributed by atoms with Gasteiger partial charge in [-0.25, -0.2) is 4.79 Å². The number of methoxy groups -OCH3 is 1. The number of esters is 1. The van der Waals surface area contributed by atoms with Gasteiger partial charge in [0.25, 0.3) is 0 Å². The molecule has 98 valence electrons. The first-order valence-electron chi connectivity index (χ1n) is 5.91. The number of aromatic nitrogens is 1. The zero-order valence-electron chi connectivity index (χ0n) is 10.5. The van der Waals surface area contributed by atoms with Crippen molar-refractivity contribution >= 4 is 17.5 Å². The maximum atomic E-state index is 12.5. The molecule has 0 fully saturated rings. The van der Waals surface area contributed by atoms with Crippen LogP contribution in [0.5, 0.6) is 0 Å². The molecule has 0 bridgehead atoms. The molecule has 0 spiro atoms. The molecular formula is C15H9NO4. The standard InChI is InChI=1S/C15H9NO4/c1-20-15(19)10-6-7-16-12-11(10)13(17)8-4-2-3-5-9(8)14(12)18/h2-7H,1H3. The Morgan fingerprint density at radius 3 is 2.35 bits per heavy atom. The Hall–Kier alpha value is -2.82. The molecule has 0 N–H and O–H groups in total. The number of hydrogen-bond donors (Lipinski definition) is 0. The maximum absolute atomic E-state index is 12.5. The van der Waals surface area contributed by atoms with Gasteiger partial charge in [0, 0.05) is 17.3 Å². The van der Waals surface area contributed by atoms with Crippen LogP contribution in [-0.4, -0.2) is 29.6 Å². The number of hydrogen-bond acceptors (Lipinski definition) is 5. The Morgan fingerprint density at radius 1 is 1.05 bits per heavy atom. The summed E-state index contributed by atoms with van der Waals surface area (Å²) in [6.45, 7) is 0. The van der Waals surface area contributed by atoms with Crippen LogP contribution in [0.1, 0.15) is 42.3 Å². The molecule has 1 aliphatic carbocycles. The van der Waals surface area contributed by atoms with Crippen LogP contribution in [0.25, 0.3) is 0 Å². The molecular weight excluding hydrogens is 258 g/mol. The summed E-state index contributed by atoms with van der Waals surface area (Å²) >= 11 is 0. The number of nitrogens with zero attached hydrogens (tertiary/aromatic N) is 1. The Labute approximate surface area is 114 Å². The summed E-state index contributed by atoms with van der Waals surface area (Å²) in [6, 6.07) is 7.86. The van der Waals surface area contributed by atoms with Crippen molar-refractivity contribution in [3.63, 3.8) is 0 Å². The number of pyridine rings is 1. The van der Waals surface area contributed by atoms with Gasteiger partial charge in [-0.1, -0.05) is 24.3 Å². The molecule has 5 nitrogen and oxygen atoms in total. The molecule has 2 aromatic rings. The molecule has 20 heavy (non-hydrogen) atoms. The van der Waals surface area contributed by atoms with E-state index in [0.29, 0.717) is 5.56 Å². The fourth-order valence-corrected chi connectivity index (χ4v) is 2.29. The Balaban J connectivity index is 2.31. The first-order valence-corrected chi connectivity index (χ1v) is 5.91. The third-order valence-electron chi connectivity index (χ3n) is 3.21. The number of benzene rings is 1. The van der Waals surface area contributed by atoms with E-state index in [1.165, 1.54) is 19.4 Å². The van der Waals surface area contributed by atoms with Crippen LogP contribution in [0.15, 0.2) is 36.5 Å². The normalized spacial score (nSPS) is 12.7. The van der Waals surface area contributed by atoms with E-state index in [1.807, 2.05) is 0 Å². The summed E-state index contributed by atoms with van der Waals surface area (Å²) in [5, 5.41) is 0. The van der Waals surface area contributed by atoms with Gasteiger partial charge >= 0.3 is 5.97 Å². The van der Waals surface area contributed by atoms with Gasteiger partial charge in [-0.05, 0) is 6.07 Å². The lowest BCUT2D eigenvalue weighted by atomic mass is 9.85. The average Bonchev–Trinajstić information content (AvgIpc) is 2.51. The van der Waals surface area contributed by atoms with E-state index in [2.05, 4.69) is 9.72 Å². The van der Waals surface area contributed by atoms with E-state index in [9.17, 15) is 14.4 Å². The third kappa shape index (κ3) is 1.56. The van der Waals surface area contributed by atoms with E-state index in [4.69, 9.17) is 0 Å². The van der Waals surface area contributed by atoms with Gasteiger partial charge in [0.1, 0.15) is 5.69 Å². The van der Waals surface area contributed by atoms with Crippen molar-refractivity contribution in [3.8, 4) is 0 Å². The molecule has 1 aliphatic rings. The summed E-state index contributed by atoms with van der Waals surface area (Å²) < 4.78 is 4.64. The van der Waals surface area contributed by atoms with Gasteiger partial charge in [0.2, 0.25) is 5.78 Å². The number of fused-ring (bicyclic) bond motifs is 2. The topological polar surface area (TPSA) is 73.3 Å². The van der Waals surface area contributed by atoms with Crippen LogP contribution in [0.2, 0.25) is 0 Å². The Kier molecular flexibility index (Phi) is 2.68. The lowest BCUT2D eigenvalue weighted by Crippen LogP contribution is -2.25. The fourth-order valence-electron chi connectivity index (χ4n) is 2.29. The summed E-state index contributed by atoms with van der Waals surface area (Å²) in [4.78, 5) is 40.5. The van der Waals surface area contributed by atoms with E-state index in [-0.39, 0.29) is 34.0 Å². The van der Waals surface area contributed by atoms with Crippen LogP contribution in [0.4, 0.5) is 0 Å². The van der Waals surface area contributed by atoms with Crippen molar-refractivity contribution in [2.24, 2.45) is 0 Å². The highest BCUT2D eigenvalue weighted by Gasteiger charge is 2.34. The molecule has 0 saturated carbocycles. The first-order chi connectivity index (χ1) is 9.65. The molecule has 0 unspecified atom stereocenters. The van der Waals surface area contributed by atoms with Gasteiger partial charge in [-0.15, -0.1) is 0 Å². The van der Waals surface area contributed by atoms with Crippen LogP contribution in [-0.2, 0) is 4.74 Å². The summed E-state index contributed by atoms with van der Waals surface area (Å²) in [5.41, 5.74) is 0.660. The third-order valence-corrected chi connectivity index (χ3v) is 3.21. The summed E-state index contributed by atoms with van der Waals surface area (Å²) in [6.07, 6.45) is 1.32. The zero-order valence-corrected chi connectivity index (χ0v) is 10.5. The monoisotopic (exact) mass is 267 g/mol. The lowest BCUT2D eigenvalue weighted by Gasteiger charge is -2.18. The second kappa shape index (κ2) is 4.38. The number of ether oxygens (including phenoxy) is 1. The second-order valence-electron chi connectivity index (χ2n) is 4.28. The molecule has 0 amide bonds. The molecule has 1 aromatic heterocycles. The summed E-state index contributed by atoms with van der Waals surface area (Å²) in [5.74, 6) is -1.41. The number of rotatable bonds is 1. The van der Waals surface area contributed by atoms with Crippen LogP contribution in [0.3, 0.4) is 0 Å². The molecule has 0 atom stereocenters. The molecule has 0 radical (unpaired) electrons. The van der Waals surface area contributed by atoms with Gasteiger partial charge in [0.05, 0.1) is 18.2 Å². The molecule has 0 aliphatic heterocycles. The van der Waals surface area contributed by atoms with Crippen LogP contribution < -0.4 is 0 Å². The zero-order chi connectivity index (χ0) is 14.3. The van der Waals surface area contributed by atoms with E-state index < -0.39 is 5.97 Å². The van der Waals surface area contributed by atoms with Gasteiger partial charge in [-0.3, -0.25) is 14.6 Å². The van der Waals surface area contributed by atoms with Gasteiger partial charge in [-0.2, -0.15) is 0 Å². The van der Waals surface area contributed by atoms with E-state index >= 15 is 0 Å². The minimum absolute atomic E-state index is 0.00315. The number of ketones is 2. The van der Waals surface area contributed by atoms with Gasteiger partial charge < -0.3 is 4.74 Å². The average molecular weight is 267 g/mol. The predicted octanol–water partition coefficient (Wildman–Crippen LogP) is 1.64. The predicted molar refractivity (Wildman–Crippen MR) is 68.9 cm³/mol. The SMILES string of the molecule is COC(=O)c1ccnc2c1C(=O)c1ccccc1C2=O. The van der Waals surface area contributed by atoms with Crippen molar-refractivity contribution in [1.29, 1.82) is 0 Å². The van der Waals surface area contributed by atoms with Crippen molar-refractivity contribution in [2.45, 2.75) is 0 Å². The second-order valence-corrected chi connectivity index (χ2v) is 4.28. The Morgan fingerprint density at radius 2 is 1.70 bits per heavy atom. The van der Waals surface area contributed by atoms with Crippen molar-refractivity contribution in [1.82, 2.24) is 4.98 Å². The van der Waals surface area contributed by atoms with Crippen LogP contribution >= 0.6 is 0 Å². The lowest BCUT2D eigenvalue weighted by molar-refractivity contribution is 0.0597. The first kappa shape index (κ1) is 12.2. The minimum Gasteiger partial charge on any atom is -0.465 e. The molecule has 1 aromatic carbocycles. The maximum Gasteiger partial charge on any atom is 0.338 e. The van der Waals surface area contributed by atoms with Crippen LogP contribution in [0, 0.1) is 0 Å². The smallest absolute Gasteiger partial charge is 0.338 e. The number of carbonyl (C=O) groups is 3. The van der Waals surface area contributed by atoms with E-state index in [1.54, 1.807) is 24.3 Å². The number of carbonyl (C=O) groups excluding carboxylic acids is 3. The van der Waals surface area contributed by atoms with Crippen molar-refractivity contribution < 1.29 is 19.1 Å². The van der Waals surface area contributed by atoms with Crippen molar-refractivity contribution in [2.75, 3.05) is 7.11 Å².